The van der Waals surface area contributed by atoms with Gasteiger partial charge in [0.05, 0.1) is 4.90 Å². The van der Waals surface area contributed by atoms with E-state index in [0.29, 0.717) is 24.0 Å². The van der Waals surface area contributed by atoms with Crippen LogP contribution in [0.3, 0.4) is 0 Å². The first-order chi connectivity index (χ1) is 12.2. The second-order valence-electron chi connectivity index (χ2n) is 7.11. The zero-order valence-corrected chi connectivity index (χ0v) is 15.3. The quantitative estimate of drug-likeness (QED) is 0.846. The summed E-state index contributed by atoms with van der Waals surface area (Å²) >= 11 is 0. The Hall–Kier alpha value is -1.50. The van der Waals surface area contributed by atoms with E-state index < -0.39 is 10.0 Å². The third kappa shape index (κ3) is 3.30. The third-order valence-electron chi connectivity index (χ3n) is 5.52. The van der Waals surface area contributed by atoms with Crippen LogP contribution in [-0.4, -0.2) is 54.8 Å². The van der Waals surface area contributed by atoms with Crippen molar-refractivity contribution >= 4 is 20.8 Å². The highest BCUT2D eigenvalue weighted by Gasteiger charge is 2.33. The largest absolute Gasteiger partial charge is 0.299 e. The minimum atomic E-state index is -3.48. The molecule has 6 heteroatoms. The fraction of sp³-hybridized carbons (Fsp3) is 0.526. The van der Waals surface area contributed by atoms with Gasteiger partial charge in [0.1, 0.15) is 0 Å². The van der Waals surface area contributed by atoms with Crippen LogP contribution in [0.15, 0.2) is 41.6 Å². The van der Waals surface area contributed by atoms with E-state index in [9.17, 15) is 8.42 Å². The molecular weight excluding hydrogens is 334 g/mol. The van der Waals surface area contributed by atoms with Crippen molar-refractivity contribution in [2.24, 2.45) is 0 Å². The Balaban J connectivity index is 1.63. The van der Waals surface area contributed by atoms with Crippen molar-refractivity contribution in [3.8, 4) is 0 Å². The van der Waals surface area contributed by atoms with Crippen molar-refractivity contribution in [2.75, 3.05) is 26.2 Å². The van der Waals surface area contributed by atoms with Gasteiger partial charge in [0.2, 0.25) is 10.0 Å². The zero-order valence-electron chi connectivity index (χ0n) is 14.5. The Morgan fingerprint density at radius 3 is 2.68 bits per heavy atom. The van der Waals surface area contributed by atoms with Crippen LogP contribution in [0.4, 0.5) is 0 Å². The van der Waals surface area contributed by atoms with E-state index in [1.165, 1.54) is 19.3 Å². The van der Waals surface area contributed by atoms with Crippen LogP contribution in [-0.2, 0) is 10.0 Å². The second-order valence-corrected chi connectivity index (χ2v) is 9.02. The van der Waals surface area contributed by atoms with Crippen LogP contribution in [0.5, 0.6) is 0 Å². The zero-order chi connectivity index (χ0) is 17.3. The van der Waals surface area contributed by atoms with E-state index in [2.05, 4.69) is 9.88 Å². The molecular formula is C19H25N3O2S. The SMILES string of the molecule is O=S(=O)(c1cccc2cnccc12)N1CCCC(N2CCCCC2)C1. The smallest absolute Gasteiger partial charge is 0.243 e. The number of sulfonamides is 1. The number of fused-ring (bicyclic) bond motifs is 1. The molecule has 1 aromatic heterocycles. The molecule has 0 N–H and O–H groups in total. The average molecular weight is 359 g/mol. The first-order valence-electron chi connectivity index (χ1n) is 9.23. The van der Waals surface area contributed by atoms with Crippen molar-refractivity contribution < 1.29 is 8.42 Å². The normalized spacial score (nSPS) is 23.8. The first-order valence-corrected chi connectivity index (χ1v) is 10.7. The molecule has 1 aromatic carbocycles. The molecule has 2 saturated heterocycles. The first kappa shape index (κ1) is 16.9. The Kier molecular flexibility index (Phi) is 4.75. The number of hydrogen-bond donors (Lipinski definition) is 0. The summed E-state index contributed by atoms with van der Waals surface area (Å²) in [4.78, 5) is 7.01. The summed E-state index contributed by atoms with van der Waals surface area (Å²) < 4.78 is 28.3. The minimum absolute atomic E-state index is 0.362. The molecule has 0 aliphatic carbocycles. The average Bonchev–Trinajstić information content (AvgIpc) is 2.68. The standard InChI is InChI=1S/C19H25N3O2S/c23-25(24,19-8-4-6-16-14-20-10-9-18(16)19)22-13-5-7-17(15-22)21-11-2-1-3-12-21/h4,6,8-10,14,17H,1-3,5,7,11-13,15H2. The molecule has 0 amide bonds. The molecule has 2 aliphatic rings. The fourth-order valence-electron chi connectivity index (χ4n) is 4.18. The molecule has 25 heavy (non-hydrogen) atoms. The lowest BCUT2D eigenvalue weighted by molar-refractivity contribution is 0.114. The summed E-state index contributed by atoms with van der Waals surface area (Å²) in [6.45, 7) is 3.45. The van der Waals surface area contributed by atoms with E-state index in [-0.39, 0.29) is 0 Å². The van der Waals surface area contributed by atoms with Gasteiger partial charge in [-0.2, -0.15) is 4.31 Å². The highest BCUT2D eigenvalue weighted by Crippen LogP contribution is 2.28. The maximum atomic E-state index is 13.3. The minimum Gasteiger partial charge on any atom is -0.299 e. The predicted octanol–water partition coefficient (Wildman–Crippen LogP) is 2.87. The van der Waals surface area contributed by atoms with Crippen LogP contribution in [0.1, 0.15) is 32.1 Å². The van der Waals surface area contributed by atoms with E-state index in [4.69, 9.17) is 0 Å². The van der Waals surface area contributed by atoms with Gasteiger partial charge in [-0.15, -0.1) is 0 Å². The molecule has 1 atom stereocenters. The molecule has 5 nitrogen and oxygen atoms in total. The number of piperidine rings is 2. The van der Waals surface area contributed by atoms with Gasteiger partial charge < -0.3 is 0 Å². The van der Waals surface area contributed by atoms with Gasteiger partial charge in [0, 0.05) is 42.3 Å². The number of pyridine rings is 1. The van der Waals surface area contributed by atoms with Gasteiger partial charge >= 0.3 is 0 Å². The molecule has 4 rings (SSSR count). The molecule has 2 aromatic rings. The summed E-state index contributed by atoms with van der Waals surface area (Å²) in [5.74, 6) is 0. The lowest BCUT2D eigenvalue weighted by Crippen LogP contribution is -2.51. The molecule has 2 fully saturated rings. The van der Waals surface area contributed by atoms with Gasteiger partial charge in [-0.1, -0.05) is 18.6 Å². The van der Waals surface area contributed by atoms with Gasteiger partial charge in [0.25, 0.3) is 0 Å². The molecule has 3 heterocycles. The van der Waals surface area contributed by atoms with E-state index in [1.807, 2.05) is 12.1 Å². The highest BCUT2D eigenvalue weighted by atomic mass is 32.2. The van der Waals surface area contributed by atoms with E-state index in [0.717, 1.165) is 36.7 Å². The fourth-order valence-corrected chi connectivity index (χ4v) is 5.91. The van der Waals surface area contributed by atoms with Crippen LogP contribution < -0.4 is 0 Å². The third-order valence-corrected chi connectivity index (χ3v) is 7.45. The predicted molar refractivity (Wildman–Crippen MR) is 98.9 cm³/mol. The lowest BCUT2D eigenvalue weighted by atomic mass is 10.0. The Morgan fingerprint density at radius 1 is 1.00 bits per heavy atom. The second kappa shape index (κ2) is 7.02. The van der Waals surface area contributed by atoms with Gasteiger partial charge in [0.15, 0.2) is 0 Å². The van der Waals surface area contributed by atoms with Crippen molar-refractivity contribution in [2.45, 2.75) is 43.0 Å². The molecule has 1 unspecified atom stereocenters. The van der Waals surface area contributed by atoms with E-state index >= 15 is 0 Å². The summed E-state index contributed by atoms with van der Waals surface area (Å²) in [7, 11) is -3.48. The topological polar surface area (TPSA) is 53.5 Å². The van der Waals surface area contributed by atoms with Crippen LogP contribution >= 0.6 is 0 Å². The van der Waals surface area contributed by atoms with Crippen LogP contribution in [0, 0.1) is 0 Å². The summed E-state index contributed by atoms with van der Waals surface area (Å²) in [6, 6.07) is 7.61. The van der Waals surface area contributed by atoms with Crippen LogP contribution in [0.2, 0.25) is 0 Å². The molecule has 2 aliphatic heterocycles. The molecule has 134 valence electrons. The summed E-state index contributed by atoms with van der Waals surface area (Å²) in [6.07, 6.45) is 9.20. The number of rotatable bonds is 3. The van der Waals surface area contributed by atoms with Gasteiger partial charge in [-0.05, 0) is 50.9 Å². The Bertz CT molecular complexity index is 841. The maximum absolute atomic E-state index is 13.3. The Labute approximate surface area is 149 Å². The van der Waals surface area contributed by atoms with Gasteiger partial charge in [-0.3, -0.25) is 9.88 Å². The summed E-state index contributed by atoms with van der Waals surface area (Å²) in [5.41, 5.74) is 0. The number of likely N-dealkylation sites (tertiary alicyclic amines) is 1. The number of aromatic nitrogens is 1. The highest BCUT2D eigenvalue weighted by molar-refractivity contribution is 7.89. The maximum Gasteiger partial charge on any atom is 0.243 e. The number of nitrogens with zero attached hydrogens (tertiary/aromatic N) is 3. The molecule has 0 bridgehead atoms. The van der Waals surface area contributed by atoms with E-state index in [1.54, 1.807) is 28.8 Å². The Morgan fingerprint density at radius 2 is 1.84 bits per heavy atom. The number of hydrogen-bond acceptors (Lipinski definition) is 4. The molecule has 0 saturated carbocycles. The number of benzene rings is 1. The molecule has 0 spiro atoms. The van der Waals surface area contributed by atoms with Gasteiger partial charge in [-0.25, -0.2) is 8.42 Å². The van der Waals surface area contributed by atoms with Crippen LogP contribution in [0.25, 0.3) is 10.8 Å². The monoisotopic (exact) mass is 359 g/mol. The summed E-state index contributed by atoms with van der Waals surface area (Å²) in [5, 5.41) is 1.63. The van der Waals surface area contributed by atoms with Crippen molar-refractivity contribution in [3.63, 3.8) is 0 Å². The lowest BCUT2D eigenvalue weighted by Gasteiger charge is -2.40. The van der Waals surface area contributed by atoms with Crippen molar-refractivity contribution in [1.82, 2.24) is 14.2 Å². The molecule has 0 radical (unpaired) electrons. The van der Waals surface area contributed by atoms with Crippen molar-refractivity contribution in [3.05, 3.63) is 36.7 Å². The van der Waals surface area contributed by atoms with Crippen molar-refractivity contribution in [1.29, 1.82) is 0 Å².